The maximum atomic E-state index is 10.8. The smallest absolute Gasteiger partial charge is 0.0845 e. The van der Waals surface area contributed by atoms with Crippen LogP contribution < -0.4 is 0 Å². The van der Waals surface area contributed by atoms with Crippen molar-refractivity contribution in [1.82, 2.24) is 0 Å². The van der Waals surface area contributed by atoms with Crippen LogP contribution >= 0.6 is 0 Å². The summed E-state index contributed by atoms with van der Waals surface area (Å²) in [6.07, 6.45) is 8.04. The zero-order valence-electron chi connectivity index (χ0n) is 15.8. The Labute approximate surface area is 161 Å². The Hall–Kier alpha value is -2.23. The van der Waals surface area contributed by atoms with Crippen molar-refractivity contribution in [3.8, 4) is 0 Å². The molecular weight excluding hydrogens is 334 g/mol. The summed E-state index contributed by atoms with van der Waals surface area (Å²) in [6.45, 7) is 3.00. The Kier molecular flexibility index (Phi) is 5.24. The summed E-state index contributed by atoms with van der Waals surface area (Å²) >= 11 is 0. The number of rotatable bonds is 6. The summed E-state index contributed by atoms with van der Waals surface area (Å²) in [6, 6.07) is 18.5. The van der Waals surface area contributed by atoms with E-state index in [1.807, 2.05) is 42.6 Å². The summed E-state index contributed by atoms with van der Waals surface area (Å²) in [5.74, 6) is 0.252. The molecule has 2 heterocycles. The minimum absolute atomic E-state index is 0.0971. The van der Waals surface area contributed by atoms with Crippen molar-refractivity contribution in [1.29, 1.82) is 0 Å². The molecule has 4 atom stereocenters. The standard InChI is InChI=1S/C24H27NO2/c1-18(16-23-21-11-6-5-8-19(21)12-15-27-23)24(13-7-14-25-24)17-22(26)20-9-3-2-4-10-20/h2-11,13-14,18,22-23,26H,12,15-17H2,1H3. The van der Waals surface area contributed by atoms with Crippen LogP contribution in [-0.2, 0) is 11.2 Å². The van der Waals surface area contributed by atoms with Crippen LogP contribution in [-0.4, -0.2) is 23.5 Å². The first kappa shape index (κ1) is 18.1. The lowest BCUT2D eigenvalue weighted by molar-refractivity contribution is 0.0172. The monoisotopic (exact) mass is 361 g/mol. The van der Waals surface area contributed by atoms with Crippen LogP contribution in [0.4, 0.5) is 0 Å². The number of allylic oxidation sites excluding steroid dienone is 1. The van der Waals surface area contributed by atoms with Gasteiger partial charge in [-0.15, -0.1) is 0 Å². The van der Waals surface area contributed by atoms with Crippen LogP contribution in [0.15, 0.2) is 71.7 Å². The van der Waals surface area contributed by atoms with Crippen LogP contribution in [0.1, 0.15) is 48.7 Å². The minimum Gasteiger partial charge on any atom is -0.388 e. The van der Waals surface area contributed by atoms with E-state index in [4.69, 9.17) is 9.73 Å². The molecule has 0 radical (unpaired) electrons. The van der Waals surface area contributed by atoms with E-state index in [9.17, 15) is 5.11 Å². The zero-order valence-corrected chi connectivity index (χ0v) is 15.8. The van der Waals surface area contributed by atoms with Gasteiger partial charge in [-0.05, 0) is 41.5 Å². The van der Waals surface area contributed by atoms with Crippen molar-refractivity contribution in [2.75, 3.05) is 6.61 Å². The SMILES string of the molecule is CC(CC1OCCc2ccccc21)C1(CC(O)c2ccccc2)C=CC=N1. The van der Waals surface area contributed by atoms with E-state index in [0.717, 1.165) is 25.0 Å². The highest BCUT2D eigenvalue weighted by molar-refractivity contribution is 5.75. The van der Waals surface area contributed by atoms with Gasteiger partial charge in [-0.1, -0.05) is 67.6 Å². The molecule has 2 aliphatic rings. The summed E-state index contributed by atoms with van der Waals surface area (Å²) in [5.41, 5.74) is 3.26. The van der Waals surface area contributed by atoms with Crippen molar-refractivity contribution in [2.45, 2.75) is 43.9 Å². The van der Waals surface area contributed by atoms with Gasteiger partial charge in [0.1, 0.15) is 0 Å². The van der Waals surface area contributed by atoms with Crippen molar-refractivity contribution in [3.05, 3.63) is 83.4 Å². The van der Waals surface area contributed by atoms with Gasteiger partial charge < -0.3 is 9.84 Å². The molecule has 0 bridgehead atoms. The van der Waals surface area contributed by atoms with Gasteiger partial charge in [0, 0.05) is 12.6 Å². The Morgan fingerprint density at radius 2 is 1.93 bits per heavy atom. The molecule has 140 valence electrons. The number of fused-ring (bicyclic) bond motifs is 1. The van der Waals surface area contributed by atoms with Gasteiger partial charge in [-0.25, -0.2) is 0 Å². The third-order valence-electron chi connectivity index (χ3n) is 6.00. The number of nitrogens with zero attached hydrogens (tertiary/aromatic N) is 1. The number of aliphatic imine (C=N–C) groups is 1. The summed E-state index contributed by atoms with van der Waals surface area (Å²) in [7, 11) is 0. The second-order valence-corrected chi connectivity index (χ2v) is 7.70. The summed E-state index contributed by atoms with van der Waals surface area (Å²) in [4.78, 5) is 4.80. The van der Waals surface area contributed by atoms with Crippen molar-refractivity contribution in [2.24, 2.45) is 10.9 Å². The Bertz CT molecular complexity index is 815. The maximum absolute atomic E-state index is 10.8. The topological polar surface area (TPSA) is 41.8 Å². The predicted octanol–water partition coefficient (Wildman–Crippen LogP) is 4.83. The van der Waals surface area contributed by atoms with E-state index in [1.165, 1.54) is 11.1 Å². The molecule has 4 unspecified atom stereocenters. The molecule has 0 amide bonds. The molecule has 0 spiro atoms. The fourth-order valence-electron chi connectivity index (χ4n) is 4.35. The molecular formula is C24H27NO2. The summed E-state index contributed by atoms with van der Waals surface area (Å²) < 4.78 is 6.13. The Balaban J connectivity index is 1.53. The van der Waals surface area contributed by atoms with Gasteiger partial charge in [0.05, 0.1) is 24.4 Å². The number of ether oxygens (including phenoxy) is 1. The molecule has 4 rings (SSSR count). The van der Waals surface area contributed by atoms with Crippen LogP contribution in [0.2, 0.25) is 0 Å². The Morgan fingerprint density at radius 3 is 2.70 bits per heavy atom. The second-order valence-electron chi connectivity index (χ2n) is 7.70. The first-order valence-electron chi connectivity index (χ1n) is 9.83. The molecule has 2 aromatic carbocycles. The van der Waals surface area contributed by atoms with Gasteiger partial charge in [-0.3, -0.25) is 4.99 Å². The van der Waals surface area contributed by atoms with Gasteiger partial charge in [-0.2, -0.15) is 0 Å². The average Bonchev–Trinajstić information content (AvgIpc) is 3.19. The number of hydrogen-bond acceptors (Lipinski definition) is 3. The van der Waals surface area contributed by atoms with E-state index in [2.05, 4.69) is 37.3 Å². The van der Waals surface area contributed by atoms with Crippen LogP contribution in [0, 0.1) is 5.92 Å². The number of hydrogen-bond donors (Lipinski definition) is 1. The largest absolute Gasteiger partial charge is 0.388 e. The molecule has 2 aliphatic heterocycles. The Morgan fingerprint density at radius 1 is 1.15 bits per heavy atom. The summed E-state index contributed by atoms with van der Waals surface area (Å²) in [5, 5.41) is 10.8. The highest BCUT2D eigenvalue weighted by Crippen LogP contribution is 2.42. The molecule has 0 fully saturated rings. The minimum atomic E-state index is -0.534. The number of aliphatic hydroxyl groups is 1. The molecule has 2 aromatic rings. The molecule has 0 saturated carbocycles. The van der Waals surface area contributed by atoms with E-state index < -0.39 is 6.10 Å². The first-order chi connectivity index (χ1) is 13.2. The molecule has 0 aliphatic carbocycles. The fraction of sp³-hybridized carbons (Fsp3) is 0.375. The highest BCUT2D eigenvalue weighted by atomic mass is 16.5. The van der Waals surface area contributed by atoms with Gasteiger partial charge in [0.2, 0.25) is 0 Å². The lowest BCUT2D eigenvalue weighted by atomic mass is 9.76. The zero-order chi connectivity index (χ0) is 18.7. The van der Waals surface area contributed by atoms with Crippen molar-refractivity contribution < 1.29 is 9.84 Å². The lowest BCUT2D eigenvalue weighted by Crippen LogP contribution is -2.35. The average molecular weight is 361 g/mol. The lowest BCUT2D eigenvalue weighted by Gasteiger charge is -2.36. The van der Waals surface area contributed by atoms with E-state index in [1.54, 1.807) is 0 Å². The van der Waals surface area contributed by atoms with Gasteiger partial charge >= 0.3 is 0 Å². The predicted molar refractivity (Wildman–Crippen MR) is 109 cm³/mol. The van der Waals surface area contributed by atoms with E-state index in [-0.39, 0.29) is 17.6 Å². The molecule has 27 heavy (non-hydrogen) atoms. The third kappa shape index (κ3) is 3.76. The third-order valence-corrected chi connectivity index (χ3v) is 6.00. The van der Waals surface area contributed by atoms with E-state index in [0.29, 0.717) is 6.42 Å². The fourth-order valence-corrected chi connectivity index (χ4v) is 4.35. The van der Waals surface area contributed by atoms with Crippen LogP contribution in [0.5, 0.6) is 0 Å². The molecule has 0 aromatic heterocycles. The van der Waals surface area contributed by atoms with E-state index >= 15 is 0 Å². The maximum Gasteiger partial charge on any atom is 0.0845 e. The molecule has 3 nitrogen and oxygen atoms in total. The van der Waals surface area contributed by atoms with Crippen LogP contribution in [0.25, 0.3) is 0 Å². The number of aliphatic hydroxyl groups excluding tert-OH is 1. The highest BCUT2D eigenvalue weighted by Gasteiger charge is 2.39. The first-order valence-corrected chi connectivity index (χ1v) is 9.83. The van der Waals surface area contributed by atoms with Crippen LogP contribution in [0.3, 0.4) is 0 Å². The number of benzene rings is 2. The molecule has 3 heteroatoms. The van der Waals surface area contributed by atoms with Crippen molar-refractivity contribution in [3.63, 3.8) is 0 Å². The quantitative estimate of drug-likeness (QED) is 0.801. The molecule has 1 N–H and O–H groups in total. The van der Waals surface area contributed by atoms with Gasteiger partial charge in [0.25, 0.3) is 0 Å². The van der Waals surface area contributed by atoms with Crippen molar-refractivity contribution >= 4 is 6.21 Å². The normalized spacial score (nSPS) is 25.9. The second kappa shape index (κ2) is 7.79. The molecule has 0 saturated heterocycles. The van der Waals surface area contributed by atoms with Gasteiger partial charge in [0.15, 0.2) is 0 Å².